The summed E-state index contributed by atoms with van der Waals surface area (Å²) < 4.78 is 0. The predicted molar refractivity (Wildman–Crippen MR) is 89.9 cm³/mol. The smallest absolute Gasteiger partial charge is 0.110 e. The van der Waals surface area contributed by atoms with Crippen LogP contribution < -0.4 is 0 Å². The van der Waals surface area contributed by atoms with Crippen molar-refractivity contribution >= 4 is 19.2 Å². The van der Waals surface area contributed by atoms with Crippen molar-refractivity contribution in [2.75, 3.05) is 26.7 Å². The van der Waals surface area contributed by atoms with Gasteiger partial charge >= 0.3 is 0 Å². The van der Waals surface area contributed by atoms with E-state index in [9.17, 15) is 0 Å². The number of nitrogens with zero attached hydrogens (tertiary/aromatic N) is 3. The van der Waals surface area contributed by atoms with Gasteiger partial charge in [-0.15, -0.1) is 11.3 Å². The molecule has 5 heteroatoms. The molecule has 2 aliphatic rings. The van der Waals surface area contributed by atoms with E-state index in [1.165, 1.54) is 43.9 Å². The lowest BCUT2D eigenvalue weighted by Crippen LogP contribution is -2.51. The first-order valence-electron chi connectivity index (χ1n) is 8.24. The highest BCUT2D eigenvalue weighted by atomic mass is 32.1. The van der Waals surface area contributed by atoms with Crippen molar-refractivity contribution in [2.24, 2.45) is 11.8 Å². The Morgan fingerprint density at radius 2 is 2.29 bits per heavy atom. The molecule has 2 aliphatic heterocycles. The topological polar surface area (TPSA) is 19.4 Å². The third-order valence-corrected chi connectivity index (χ3v) is 6.26. The first-order valence-corrected chi connectivity index (χ1v) is 9.12. The largest absolute Gasteiger partial charge is 0.306 e. The zero-order chi connectivity index (χ0) is 14.8. The van der Waals surface area contributed by atoms with Crippen LogP contribution in [0.4, 0.5) is 0 Å². The van der Waals surface area contributed by atoms with Crippen LogP contribution in [-0.4, -0.2) is 55.4 Å². The second-order valence-electron chi connectivity index (χ2n) is 6.76. The zero-order valence-electron chi connectivity index (χ0n) is 13.2. The number of aromatic nitrogens is 1. The molecule has 21 heavy (non-hydrogen) atoms. The van der Waals surface area contributed by atoms with Crippen molar-refractivity contribution in [2.45, 2.75) is 44.6 Å². The molecular formula is C16H26BN3S. The number of hydrogen-bond acceptors (Lipinski definition) is 4. The lowest BCUT2D eigenvalue weighted by molar-refractivity contribution is 0.0368. The molecule has 2 fully saturated rings. The Hall–Kier alpha value is -0.385. The van der Waals surface area contributed by atoms with E-state index in [1.54, 1.807) is 0 Å². The predicted octanol–water partition coefficient (Wildman–Crippen LogP) is 2.82. The second kappa shape index (κ2) is 6.80. The van der Waals surface area contributed by atoms with Gasteiger partial charge in [0, 0.05) is 24.2 Å². The SMILES string of the molecule is [B]CC(C)C1CN(C)CCC1N1CCCC1c1nccs1. The van der Waals surface area contributed by atoms with Crippen LogP contribution in [0.15, 0.2) is 11.6 Å². The molecule has 3 rings (SSSR count). The van der Waals surface area contributed by atoms with Gasteiger partial charge in [-0.3, -0.25) is 4.90 Å². The van der Waals surface area contributed by atoms with Gasteiger partial charge in [0.2, 0.25) is 0 Å². The maximum atomic E-state index is 5.99. The maximum absolute atomic E-state index is 5.99. The van der Waals surface area contributed by atoms with Crippen LogP contribution in [0.5, 0.6) is 0 Å². The van der Waals surface area contributed by atoms with Gasteiger partial charge in [0.25, 0.3) is 0 Å². The lowest BCUT2D eigenvalue weighted by atomic mass is 9.75. The van der Waals surface area contributed by atoms with E-state index in [-0.39, 0.29) is 0 Å². The maximum Gasteiger partial charge on any atom is 0.110 e. The Morgan fingerprint density at radius 1 is 1.43 bits per heavy atom. The first kappa shape index (κ1) is 15.5. The van der Waals surface area contributed by atoms with Crippen molar-refractivity contribution in [3.63, 3.8) is 0 Å². The molecule has 4 unspecified atom stereocenters. The molecule has 1 aromatic rings. The fourth-order valence-electron chi connectivity index (χ4n) is 4.14. The average molecular weight is 303 g/mol. The number of piperidine rings is 1. The molecule has 4 atom stereocenters. The van der Waals surface area contributed by atoms with E-state index >= 15 is 0 Å². The molecule has 0 spiro atoms. The second-order valence-corrected chi connectivity index (χ2v) is 7.69. The van der Waals surface area contributed by atoms with E-state index in [1.807, 2.05) is 17.5 Å². The highest BCUT2D eigenvalue weighted by molar-refractivity contribution is 7.09. The van der Waals surface area contributed by atoms with Crippen molar-refractivity contribution in [3.05, 3.63) is 16.6 Å². The molecule has 3 nitrogen and oxygen atoms in total. The molecule has 2 saturated heterocycles. The number of likely N-dealkylation sites (tertiary alicyclic amines) is 2. The van der Waals surface area contributed by atoms with Crippen LogP contribution in [0.25, 0.3) is 0 Å². The van der Waals surface area contributed by atoms with E-state index < -0.39 is 0 Å². The Balaban J connectivity index is 1.79. The summed E-state index contributed by atoms with van der Waals surface area (Å²) in [6, 6.07) is 1.22. The van der Waals surface area contributed by atoms with Crippen LogP contribution in [0, 0.1) is 11.8 Å². The Morgan fingerprint density at radius 3 is 3.00 bits per heavy atom. The van der Waals surface area contributed by atoms with Crippen LogP contribution >= 0.6 is 11.3 Å². The number of hydrogen-bond donors (Lipinski definition) is 0. The number of thiazole rings is 1. The molecule has 0 aliphatic carbocycles. The molecule has 3 heterocycles. The van der Waals surface area contributed by atoms with Crippen LogP contribution in [0.1, 0.15) is 37.2 Å². The van der Waals surface area contributed by atoms with Gasteiger partial charge in [0.05, 0.1) is 13.9 Å². The molecule has 114 valence electrons. The first-order chi connectivity index (χ1) is 10.2. The highest BCUT2D eigenvalue weighted by Gasteiger charge is 2.40. The van der Waals surface area contributed by atoms with Gasteiger partial charge in [-0.2, -0.15) is 0 Å². The average Bonchev–Trinajstić information content (AvgIpc) is 3.16. The summed E-state index contributed by atoms with van der Waals surface area (Å²) in [4.78, 5) is 9.82. The molecule has 1 aromatic heterocycles. The molecule has 0 bridgehead atoms. The van der Waals surface area contributed by atoms with E-state index in [4.69, 9.17) is 7.85 Å². The summed E-state index contributed by atoms with van der Waals surface area (Å²) >= 11 is 1.82. The molecule has 0 aromatic carbocycles. The number of rotatable bonds is 4. The summed E-state index contributed by atoms with van der Waals surface area (Å²) in [6.45, 7) is 5.95. The highest BCUT2D eigenvalue weighted by Crippen LogP contribution is 2.40. The zero-order valence-corrected chi connectivity index (χ0v) is 14.1. The Bertz CT molecular complexity index is 439. The third-order valence-electron chi connectivity index (χ3n) is 5.38. The monoisotopic (exact) mass is 303 g/mol. The standard InChI is InChI=1S/C16H26BN3S/c1-12(10-17)13-11-19(2)8-5-14(13)20-7-3-4-15(20)16-18-6-9-21-16/h6,9,12-15H,3-5,7-8,10-11H2,1-2H3. The van der Waals surface area contributed by atoms with Gasteiger partial charge in [-0.25, -0.2) is 4.98 Å². The fourth-order valence-corrected chi connectivity index (χ4v) is 4.93. The van der Waals surface area contributed by atoms with Crippen LogP contribution in [0.2, 0.25) is 6.32 Å². The normalized spacial score (nSPS) is 33.3. The van der Waals surface area contributed by atoms with E-state index in [2.05, 4.69) is 34.1 Å². The summed E-state index contributed by atoms with van der Waals surface area (Å²) in [5.41, 5.74) is 0. The third kappa shape index (κ3) is 3.20. The van der Waals surface area contributed by atoms with Gasteiger partial charge in [0.1, 0.15) is 5.01 Å². The van der Waals surface area contributed by atoms with Gasteiger partial charge < -0.3 is 4.90 Å². The van der Waals surface area contributed by atoms with Gasteiger partial charge in [-0.05, 0) is 51.2 Å². The van der Waals surface area contributed by atoms with Crippen molar-refractivity contribution in [1.82, 2.24) is 14.8 Å². The quantitative estimate of drug-likeness (QED) is 0.797. The summed E-state index contributed by atoms with van der Waals surface area (Å²) in [5.74, 6) is 1.28. The summed E-state index contributed by atoms with van der Waals surface area (Å²) in [7, 11) is 8.24. The van der Waals surface area contributed by atoms with Crippen molar-refractivity contribution < 1.29 is 0 Å². The van der Waals surface area contributed by atoms with E-state index in [0.29, 0.717) is 23.9 Å². The molecule has 0 amide bonds. The molecule has 0 N–H and O–H groups in total. The summed E-state index contributed by atoms with van der Waals surface area (Å²) in [6.07, 6.45) is 6.59. The Kier molecular flexibility index (Phi) is 5.02. The Labute approximate surface area is 134 Å². The fraction of sp³-hybridized carbons (Fsp3) is 0.812. The van der Waals surface area contributed by atoms with Crippen molar-refractivity contribution in [1.29, 1.82) is 0 Å². The lowest BCUT2D eigenvalue weighted by Gasteiger charge is -2.45. The minimum absolute atomic E-state index is 0.547. The van der Waals surface area contributed by atoms with Gasteiger partial charge in [-0.1, -0.05) is 13.2 Å². The van der Waals surface area contributed by atoms with Gasteiger partial charge in [0.15, 0.2) is 0 Å². The minimum atomic E-state index is 0.547. The molecular weight excluding hydrogens is 277 g/mol. The van der Waals surface area contributed by atoms with E-state index in [0.717, 1.165) is 6.32 Å². The van der Waals surface area contributed by atoms with Crippen LogP contribution in [-0.2, 0) is 0 Å². The summed E-state index contributed by atoms with van der Waals surface area (Å²) in [5, 5.41) is 3.42. The molecule has 2 radical (unpaired) electrons. The molecule has 0 saturated carbocycles. The van der Waals surface area contributed by atoms with Crippen LogP contribution in [0.3, 0.4) is 0 Å². The van der Waals surface area contributed by atoms with Crippen molar-refractivity contribution in [3.8, 4) is 0 Å². The minimum Gasteiger partial charge on any atom is -0.306 e.